The Kier molecular flexibility index (Phi) is 4.32. The maximum atomic E-state index is 5.77. The fourth-order valence-electron chi connectivity index (χ4n) is 2.34. The zero-order chi connectivity index (χ0) is 11.4. The average molecular weight is 239 g/mol. The lowest BCUT2D eigenvalue weighted by molar-refractivity contribution is 0.250. The third kappa shape index (κ3) is 2.81. The van der Waals surface area contributed by atoms with Crippen molar-refractivity contribution < 1.29 is 0 Å². The highest BCUT2D eigenvalue weighted by molar-refractivity contribution is 7.09. The maximum Gasteiger partial charge on any atom is 0.107 e. The molecule has 1 aliphatic rings. The van der Waals surface area contributed by atoms with Crippen molar-refractivity contribution in [3.05, 3.63) is 16.1 Å². The molecule has 2 heterocycles. The Balaban J connectivity index is 1.92. The summed E-state index contributed by atoms with van der Waals surface area (Å²) in [7, 11) is 0. The van der Waals surface area contributed by atoms with Gasteiger partial charge < -0.3 is 5.73 Å². The van der Waals surface area contributed by atoms with Gasteiger partial charge in [0.2, 0.25) is 0 Å². The summed E-state index contributed by atoms with van der Waals surface area (Å²) in [4.78, 5) is 7.15. The van der Waals surface area contributed by atoms with E-state index in [2.05, 4.69) is 22.2 Å². The molecule has 3 nitrogen and oxygen atoms in total. The predicted octanol–water partition coefficient (Wildman–Crippen LogP) is 2.02. The normalized spacial score (nSPS) is 21.8. The molecule has 90 valence electrons. The summed E-state index contributed by atoms with van der Waals surface area (Å²) in [6.45, 7) is 5.16. The summed E-state index contributed by atoms with van der Waals surface area (Å²) in [6, 6.07) is 0.582. The summed E-state index contributed by atoms with van der Waals surface area (Å²) >= 11 is 1.80. The number of nitrogens with zero attached hydrogens (tertiary/aromatic N) is 2. The van der Waals surface area contributed by atoms with E-state index in [1.807, 2.05) is 0 Å². The molecule has 0 aromatic carbocycles. The van der Waals surface area contributed by atoms with E-state index < -0.39 is 0 Å². The molecule has 0 amide bonds. The van der Waals surface area contributed by atoms with Crippen molar-refractivity contribution in [1.82, 2.24) is 9.88 Å². The minimum atomic E-state index is 0.582. The minimum absolute atomic E-state index is 0.582. The highest BCUT2D eigenvalue weighted by Gasteiger charge is 2.23. The second kappa shape index (κ2) is 5.75. The molecule has 0 spiro atoms. The summed E-state index contributed by atoms with van der Waals surface area (Å²) in [6.07, 6.45) is 4.83. The van der Waals surface area contributed by atoms with E-state index >= 15 is 0 Å². The van der Waals surface area contributed by atoms with Crippen LogP contribution in [0.3, 0.4) is 0 Å². The van der Waals surface area contributed by atoms with Gasteiger partial charge in [-0.05, 0) is 25.8 Å². The van der Waals surface area contributed by atoms with Crippen LogP contribution in [0.4, 0.5) is 0 Å². The molecule has 1 aromatic rings. The number of aromatic nitrogens is 1. The molecular formula is C12H21N3S. The SMILES string of the molecule is CCCc1csc(CN2CCCC2CN)n1. The molecule has 0 saturated carbocycles. The molecule has 1 atom stereocenters. The van der Waals surface area contributed by atoms with Gasteiger partial charge >= 0.3 is 0 Å². The molecule has 2 N–H and O–H groups in total. The molecule has 0 bridgehead atoms. The summed E-state index contributed by atoms with van der Waals surface area (Å²) in [5, 5.41) is 3.45. The van der Waals surface area contributed by atoms with Gasteiger partial charge in [0.1, 0.15) is 5.01 Å². The van der Waals surface area contributed by atoms with E-state index in [4.69, 9.17) is 5.73 Å². The molecule has 1 unspecified atom stereocenters. The number of hydrogen-bond donors (Lipinski definition) is 1. The maximum absolute atomic E-state index is 5.77. The third-order valence-electron chi connectivity index (χ3n) is 3.21. The first kappa shape index (κ1) is 12.0. The molecule has 0 aliphatic carbocycles. The van der Waals surface area contributed by atoms with E-state index in [1.165, 1.54) is 36.5 Å². The van der Waals surface area contributed by atoms with E-state index in [0.717, 1.165) is 19.5 Å². The van der Waals surface area contributed by atoms with Crippen molar-refractivity contribution in [2.24, 2.45) is 5.73 Å². The van der Waals surface area contributed by atoms with Crippen LogP contribution >= 0.6 is 11.3 Å². The molecule has 4 heteroatoms. The van der Waals surface area contributed by atoms with Crippen LogP contribution < -0.4 is 5.73 Å². The van der Waals surface area contributed by atoms with Gasteiger partial charge in [-0.25, -0.2) is 4.98 Å². The van der Waals surface area contributed by atoms with Crippen LogP contribution in [0.25, 0.3) is 0 Å². The van der Waals surface area contributed by atoms with Gasteiger partial charge in [-0.1, -0.05) is 13.3 Å². The number of rotatable bonds is 5. The van der Waals surface area contributed by atoms with Crippen molar-refractivity contribution in [1.29, 1.82) is 0 Å². The Hall–Kier alpha value is -0.450. The second-order valence-electron chi connectivity index (χ2n) is 4.48. The first-order valence-electron chi connectivity index (χ1n) is 6.21. The zero-order valence-corrected chi connectivity index (χ0v) is 10.8. The number of hydrogen-bond acceptors (Lipinski definition) is 4. The van der Waals surface area contributed by atoms with Crippen LogP contribution in [0.5, 0.6) is 0 Å². The highest BCUT2D eigenvalue weighted by atomic mass is 32.1. The number of thiazole rings is 1. The summed E-state index contributed by atoms with van der Waals surface area (Å²) in [5.74, 6) is 0. The van der Waals surface area contributed by atoms with Crippen molar-refractivity contribution in [2.75, 3.05) is 13.1 Å². The predicted molar refractivity (Wildman–Crippen MR) is 68.6 cm³/mol. The molecular weight excluding hydrogens is 218 g/mol. The van der Waals surface area contributed by atoms with E-state index in [1.54, 1.807) is 11.3 Å². The van der Waals surface area contributed by atoms with Gasteiger partial charge in [-0.15, -0.1) is 11.3 Å². The zero-order valence-electron chi connectivity index (χ0n) is 9.98. The Morgan fingerprint density at radius 3 is 3.25 bits per heavy atom. The van der Waals surface area contributed by atoms with Crippen LogP contribution in [-0.2, 0) is 13.0 Å². The van der Waals surface area contributed by atoms with Crippen LogP contribution in [0.15, 0.2) is 5.38 Å². The fraction of sp³-hybridized carbons (Fsp3) is 0.750. The number of aryl methyl sites for hydroxylation is 1. The van der Waals surface area contributed by atoms with Gasteiger partial charge in [-0.2, -0.15) is 0 Å². The lowest BCUT2D eigenvalue weighted by Crippen LogP contribution is -2.34. The summed E-state index contributed by atoms with van der Waals surface area (Å²) < 4.78 is 0. The van der Waals surface area contributed by atoms with Gasteiger partial charge in [0.15, 0.2) is 0 Å². The van der Waals surface area contributed by atoms with Crippen molar-refractivity contribution >= 4 is 11.3 Å². The molecule has 16 heavy (non-hydrogen) atoms. The van der Waals surface area contributed by atoms with Gasteiger partial charge in [-0.3, -0.25) is 4.90 Å². The minimum Gasteiger partial charge on any atom is -0.329 e. The second-order valence-corrected chi connectivity index (χ2v) is 5.43. The lowest BCUT2D eigenvalue weighted by atomic mass is 10.2. The Bertz CT molecular complexity index is 324. The first-order chi connectivity index (χ1) is 7.83. The Labute approximate surface area is 102 Å². The Morgan fingerprint density at radius 1 is 1.62 bits per heavy atom. The number of nitrogens with two attached hydrogens (primary N) is 1. The molecule has 1 saturated heterocycles. The van der Waals surface area contributed by atoms with Crippen LogP contribution in [-0.4, -0.2) is 29.0 Å². The molecule has 1 aliphatic heterocycles. The van der Waals surface area contributed by atoms with Gasteiger partial charge in [0.25, 0.3) is 0 Å². The molecule has 1 aromatic heterocycles. The largest absolute Gasteiger partial charge is 0.329 e. The van der Waals surface area contributed by atoms with E-state index in [-0.39, 0.29) is 0 Å². The molecule has 2 rings (SSSR count). The quantitative estimate of drug-likeness (QED) is 0.855. The smallest absolute Gasteiger partial charge is 0.107 e. The van der Waals surface area contributed by atoms with Gasteiger partial charge in [0, 0.05) is 18.0 Å². The number of likely N-dealkylation sites (tertiary alicyclic amines) is 1. The van der Waals surface area contributed by atoms with Crippen molar-refractivity contribution in [2.45, 2.75) is 45.2 Å². The van der Waals surface area contributed by atoms with Crippen molar-refractivity contribution in [3.63, 3.8) is 0 Å². The molecule has 0 radical (unpaired) electrons. The lowest BCUT2D eigenvalue weighted by Gasteiger charge is -2.21. The van der Waals surface area contributed by atoms with Crippen LogP contribution in [0.1, 0.15) is 36.9 Å². The van der Waals surface area contributed by atoms with Gasteiger partial charge in [0.05, 0.1) is 12.2 Å². The Morgan fingerprint density at radius 2 is 2.50 bits per heavy atom. The van der Waals surface area contributed by atoms with E-state index in [0.29, 0.717) is 6.04 Å². The summed E-state index contributed by atoms with van der Waals surface area (Å²) in [5.41, 5.74) is 7.03. The third-order valence-corrected chi connectivity index (χ3v) is 4.10. The fourth-order valence-corrected chi connectivity index (χ4v) is 3.19. The van der Waals surface area contributed by atoms with Crippen LogP contribution in [0, 0.1) is 0 Å². The first-order valence-corrected chi connectivity index (χ1v) is 7.08. The van der Waals surface area contributed by atoms with E-state index in [9.17, 15) is 0 Å². The monoisotopic (exact) mass is 239 g/mol. The topological polar surface area (TPSA) is 42.1 Å². The van der Waals surface area contributed by atoms with Crippen molar-refractivity contribution in [3.8, 4) is 0 Å². The molecule has 1 fully saturated rings. The van der Waals surface area contributed by atoms with Crippen LogP contribution in [0.2, 0.25) is 0 Å². The average Bonchev–Trinajstić information content (AvgIpc) is 2.89. The standard InChI is InChI=1S/C12H21N3S/c1-2-4-10-9-16-12(14-10)8-15-6-3-5-11(15)7-13/h9,11H,2-8,13H2,1H3. The highest BCUT2D eigenvalue weighted by Crippen LogP contribution is 2.21.